The van der Waals surface area contributed by atoms with Gasteiger partial charge in [0, 0.05) is 12.1 Å². The Labute approximate surface area is 99.8 Å². The lowest BCUT2D eigenvalue weighted by molar-refractivity contribution is -0.384. The van der Waals surface area contributed by atoms with Crippen molar-refractivity contribution in [1.82, 2.24) is 9.55 Å². The molecule has 0 aliphatic carbocycles. The van der Waals surface area contributed by atoms with Gasteiger partial charge in [-0.15, -0.1) is 0 Å². The van der Waals surface area contributed by atoms with Gasteiger partial charge in [0.15, 0.2) is 0 Å². The lowest BCUT2D eigenvalue weighted by atomic mass is 10.2. The molecule has 0 atom stereocenters. The van der Waals surface area contributed by atoms with Crippen LogP contribution in [0.1, 0.15) is 5.82 Å². The fourth-order valence-corrected chi connectivity index (χ4v) is 1.66. The Bertz CT molecular complexity index is 734. The predicted molar refractivity (Wildman–Crippen MR) is 62.4 cm³/mol. The molecule has 2 N–H and O–H groups in total. The number of rotatable bonds is 1. The Balaban J connectivity index is 2.90. The van der Waals surface area contributed by atoms with Crippen LogP contribution in [0.4, 0.5) is 10.5 Å². The summed E-state index contributed by atoms with van der Waals surface area (Å²) in [5, 5.41) is 10.6. The van der Waals surface area contributed by atoms with Gasteiger partial charge in [-0.1, -0.05) is 0 Å². The van der Waals surface area contributed by atoms with E-state index in [0.717, 1.165) is 6.07 Å². The van der Waals surface area contributed by atoms with Gasteiger partial charge in [-0.25, -0.2) is 14.3 Å². The third kappa shape index (κ3) is 1.69. The summed E-state index contributed by atoms with van der Waals surface area (Å²) < 4.78 is 0.673. The predicted octanol–water partition coefficient (Wildman–Crippen LogP) is 0.540. The van der Waals surface area contributed by atoms with Gasteiger partial charge in [0.1, 0.15) is 5.82 Å². The molecule has 1 aromatic heterocycles. The van der Waals surface area contributed by atoms with Gasteiger partial charge in [0.2, 0.25) is 0 Å². The Kier molecular flexibility index (Phi) is 2.55. The second kappa shape index (κ2) is 3.91. The van der Waals surface area contributed by atoms with E-state index in [-0.39, 0.29) is 22.4 Å². The lowest BCUT2D eigenvalue weighted by Crippen LogP contribution is -2.34. The molecule has 0 fully saturated rings. The number of carbonyl (C=O) groups excluding carboxylic acids is 1. The number of nitro groups is 1. The second-order valence-electron chi connectivity index (χ2n) is 3.60. The number of aromatic nitrogens is 2. The topological polar surface area (TPSA) is 121 Å². The first-order valence-corrected chi connectivity index (χ1v) is 4.89. The Hall–Kier alpha value is -2.77. The average Bonchev–Trinajstić information content (AvgIpc) is 2.27. The summed E-state index contributed by atoms with van der Waals surface area (Å²) in [6.07, 6.45) is 0. The maximum atomic E-state index is 12.0. The van der Waals surface area contributed by atoms with Crippen LogP contribution in [-0.4, -0.2) is 20.5 Å². The van der Waals surface area contributed by atoms with Crippen LogP contribution in [0.3, 0.4) is 0 Å². The monoisotopic (exact) mass is 248 g/mol. The molecule has 2 rings (SSSR count). The largest absolute Gasteiger partial charge is 0.351 e. The maximum Gasteiger partial charge on any atom is 0.327 e. The summed E-state index contributed by atoms with van der Waals surface area (Å²) in [4.78, 5) is 37.1. The van der Waals surface area contributed by atoms with E-state index in [0.29, 0.717) is 4.57 Å². The van der Waals surface area contributed by atoms with Crippen molar-refractivity contribution >= 4 is 22.6 Å². The maximum absolute atomic E-state index is 12.0. The lowest BCUT2D eigenvalue weighted by Gasteiger charge is -2.05. The molecule has 0 radical (unpaired) electrons. The van der Waals surface area contributed by atoms with Gasteiger partial charge in [0.25, 0.3) is 11.2 Å². The molecule has 0 aliphatic rings. The molecule has 18 heavy (non-hydrogen) atoms. The average molecular weight is 248 g/mol. The Morgan fingerprint density at radius 2 is 2.17 bits per heavy atom. The molecule has 0 saturated heterocycles. The second-order valence-corrected chi connectivity index (χ2v) is 3.60. The highest BCUT2D eigenvalue weighted by Gasteiger charge is 2.14. The Morgan fingerprint density at radius 1 is 1.50 bits per heavy atom. The van der Waals surface area contributed by atoms with Crippen LogP contribution in [0.15, 0.2) is 23.0 Å². The number of fused-ring (bicyclic) bond motifs is 1. The molecule has 92 valence electrons. The van der Waals surface area contributed by atoms with E-state index in [1.54, 1.807) is 0 Å². The first-order chi connectivity index (χ1) is 8.41. The van der Waals surface area contributed by atoms with E-state index in [4.69, 9.17) is 5.73 Å². The number of primary amides is 1. The van der Waals surface area contributed by atoms with E-state index in [9.17, 15) is 19.7 Å². The van der Waals surface area contributed by atoms with Crippen LogP contribution in [-0.2, 0) is 0 Å². The van der Waals surface area contributed by atoms with Gasteiger partial charge in [-0.3, -0.25) is 14.9 Å². The number of amides is 1. The normalized spacial score (nSPS) is 10.5. The van der Waals surface area contributed by atoms with Gasteiger partial charge in [-0.2, -0.15) is 0 Å². The van der Waals surface area contributed by atoms with Gasteiger partial charge >= 0.3 is 6.03 Å². The van der Waals surface area contributed by atoms with Crippen molar-refractivity contribution in [2.75, 3.05) is 0 Å². The quantitative estimate of drug-likeness (QED) is 0.583. The first kappa shape index (κ1) is 11.7. The van der Waals surface area contributed by atoms with Crippen LogP contribution in [0.5, 0.6) is 0 Å². The minimum Gasteiger partial charge on any atom is -0.351 e. The summed E-state index contributed by atoms with van der Waals surface area (Å²) in [5.41, 5.74) is 4.37. The highest BCUT2D eigenvalue weighted by atomic mass is 16.6. The minimum absolute atomic E-state index is 0.0198. The van der Waals surface area contributed by atoms with Gasteiger partial charge in [0.05, 0.1) is 15.8 Å². The number of carbonyl (C=O) groups is 1. The Morgan fingerprint density at radius 3 is 2.72 bits per heavy atom. The van der Waals surface area contributed by atoms with Crippen LogP contribution < -0.4 is 11.3 Å². The molecule has 0 unspecified atom stereocenters. The van der Waals surface area contributed by atoms with Crippen molar-refractivity contribution in [3.8, 4) is 0 Å². The number of nitro benzene ring substituents is 1. The van der Waals surface area contributed by atoms with Crippen molar-refractivity contribution < 1.29 is 9.72 Å². The minimum atomic E-state index is -0.974. The highest BCUT2D eigenvalue weighted by Crippen LogP contribution is 2.16. The summed E-state index contributed by atoms with van der Waals surface area (Å²) in [6, 6.07) is 2.69. The van der Waals surface area contributed by atoms with Gasteiger partial charge in [-0.05, 0) is 13.0 Å². The zero-order valence-corrected chi connectivity index (χ0v) is 9.28. The molecule has 0 bridgehead atoms. The van der Waals surface area contributed by atoms with Crippen LogP contribution in [0.2, 0.25) is 0 Å². The number of hydrogen-bond acceptors (Lipinski definition) is 5. The molecular formula is C10H8N4O4. The van der Waals surface area contributed by atoms with Crippen molar-refractivity contribution in [1.29, 1.82) is 0 Å². The molecule has 0 spiro atoms. The first-order valence-electron chi connectivity index (χ1n) is 4.89. The molecule has 0 saturated carbocycles. The summed E-state index contributed by atoms with van der Waals surface area (Å²) in [7, 11) is 0. The zero-order valence-electron chi connectivity index (χ0n) is 9.28. The molecule has 2 aromatic rings. The molecule has 8 heteroatoms. The third-order valence-corrected chi connectivity index (χ3v) is 2.45. The fraction of sp³-hybridized carbons (Fsp3) is 0.100. The summed E-state index contributed by atoms with van der Waals surface area (Å²) in [5.74, 6) is 0.133. The van der Waals surface area contributed by atoms with E-state index < -0.39 is 16.5 Å². The number of non-ortho nitro benzene ring substituents is 1. The SMILES string of the molecule is Cc1nc2ccc([N+](=O)[O-])cc2c(=O)n1C(N)=O. The zero-order chi connectivity index (χ0) is 13.4. The van der Waals surface area contributed by atoms with E-state index in [1.807, 2.05) is 0 Å². The standard InChI is InChI=1S/C10H8N4O4/c1-5-12-8-3-2-6(14(17)18)4-7(8)9(15)13(5)10(11)16/h2-4H,1H3,(H2,11,16). The van der Waals surface area contributed by atoms with Crippen molar-refractivity contribution in [3.63, 3.8) is 0 Å². The number of nitrogens with two attached hydrogens (primary N) is 1. The van der Waals surface area contributed by atoms with Crippen LogP contribution in [0, 0.1) is 17.0 Å². The van der Waals surface area contributed by atoms with Crippen LogP contribution >= 0.6 is 0 Å². The van der Waals surface area contributed by atoms with Gasteiger partial charge < -0.3 is 5.73 Å². The summed E-state index contributed by atoms with van der Waals surface area (Å²) in [6.45, 7) is 1.45. The molecule has 8 nitrogen and oxygen atoms in total. The fourth-order valence-electron chi connectivity index (χ4n) is 1.66. The van der Waals surface area contributed by atoms with Crippen molar-refractivity contribution in [2.24, 2.45) is 5.73 Å². The van der Waals surface area contributed by atoms with E-state index in [1.165, 1.54) is 19.1 Å². The van der Waals surface area contributed by atoms with Crippen LogP contribution in [0.25, 0.3) is 10.9 Å². The molecule has 0 aliphatic heterocycles. The smallest absolute Gasteiger partial charge is 0.327 e. The molecular weight excluding hydrogens is 240 g/mol. The third-order valence-electron chi connectivity index (χ3n) is 2.45. The van der Waals surface area contributed by atoms with Crippen molar-refractivity contribution in [3.05, 3.63) is 44.5 Å². The van der Waals surface area contributed by atoms with E-state index in [2.05, 4.69) is 4.98 Å². The number of hydrogen-bond donors (Lipinski definition) is 1. The molecule has 1 aromatic carbocycles. The number of aryl methyl sites for hydroxylation is 1. The van der Waals surface area contributed by atoms with E-state index >= 15 is 0 Å². The summed E-state index contributed by atoms with van der Waals surface area (Å²) >= 11 is 0. The molecule has 1 heterocycles. The number of benzene rings is 1. The van der Waals surface area contributed by atoms with Crippen molar-refractivity contribution in [2.45, 2.75) is 6.92 Å². The molecule has 1 amide bonds. The highest BCUT2D eigenvalue weighted by molar-refractivity contribution is 5.84. The number of nitrogens with zero attached hydrogens (tertiary/aromatic N) is 3.